The Morgan fingerprint density at radius 3 is 1.81 bits per heavy atom. The molecule has 8 heteroatoms. The van der Waals surface area contributed by atoms with Gasteiger partial charge in [0, 0.05) is 43.4 Å². The molecule has 0 aromatic heterocycles. The van der Waals surface area contributed by atoms with Crippen molar-refractivity contribution in [3.63, 3.8) is 0 Å². The second kappa shape index (κ2) is 8.50. The molecule has 2 saturated carbocycles. The summed E-state index contributed by atoms with van der Waals surface area (Å²) in [7, 11) is 0. The van der Waals surface area contributed by atoms with Gasteiger partial charge < -0.3 is 24.4 Å². The summed E-state index contributed by atoms with van der Waals surface area (Å²) in [6.45, 7) is 13.5. The average Bonchev–Trinajstić information content (AvgIpc) is 3.56. The Bertz CT molecular complexity index is 743. The van der Waals surface area contributed by atoms with Crippen molar-refractivity contribution in [2.75, 3.05) is 26.2 Å². The second-order valence-electron chi connectivity index (χ2n) is 11.9. The highest BCUT2D eigenvalue weighted by atomic mass is 16.6. The molecule has 4 aliphatic rings. The van der Waals surface area contributed by atoms with E-state index < -0.39 is 11.2 Å². The van der Waals surface area contributed by atoms with Crippen molar-refractivity contribution in [2.24, 2.45) is 10.8 Å². The number of carbonyl (C=O) groups excluding carboxylic acids is 3. The van der Waals surface area contributed by atoms with Crippen molar-refractivity contribution < 1.29 is 29.0 Å². The van der Waals surface area contributed by atoms with Crippen LogP contribution in [0.1, 0.15) is 80.1 Å². The molecule has 32 heavy (non-hydrogen) atoms. The summed E-state index contributed by atoms with van der Waals surface area (Å²) in [5.41, 5.74) is -1.11. The molecule has 2 aliphatic heterocycles. The van der Waals surface area contributed by atoms with Crippen LogP contribution >= 0.6 is 0 Å². The predicted octanol–water partition coefficient (Wildman–Crippen LogP) is 3.74. The molecule has 2 amide bonds. The molecule has 1 unspecified atom stereocenters. The smallest absolute Gasteiger partial charge is 0.410 e. The van der Waals surface area contributed by atoms with Crippen LogP contribution in [0.15, 0.2) is 0 Å². The lowest BCUT2D eigenvalue weighted by atomic mass is 9.92. The van der Waals surface area contributed by atoms with Gasteiger partial charge >= 0.3 is 12.2 Å². The number of likely N-dealkylation sites (tertiary alicyclic amines) is 2. The van der Waals surface area contributed by atoms with Crippen LogP contribution in [0.4, 0.5) is 9.59 Å². The highest BCUT2D eigenvalue weighted by Crippen LogP contribution is 2.52. The third-order valence-electron chi connectivity index (χ3n) is 6.63. The lowest BCUT2D eigenvalue weighted by Gasteiger charge is -2.37. The van der Waals surface area contributed by atoms with E-state index in [1.165, 1.54) is 0 Å². The van der Waals surface area contributed by atoms with Gasteiger partial charge in [0.15, 0.2) is 0 Å². The third kappa shape index (κ3) is 6.15. The number of hydrogen-bond donors (Lipinski definition) is 1. The lowest BCUT2D eigenvalue weighted by molar-refractivity contribution is -0.127. The summed E-state index contributed by atoms with van der Waals surface area (Å²) in [6.07, 6.45) is 4.35. The number of Topliss-reactive ketones (excluding diaryl/α,β-unsaturated/α-hetero) is 1. The number of piperidine rings is 2. The van der Waals surface area contributed by atoms with Crippen LogP contribution in [0, 0.1) is 10.8 Å². The fourth-order valence-corrected chi connectivity index (χ4v) is 4.39. The van der Waals surface area contributed by atoms with Crippen LogP contribution in [0.2, 0.25) is 0 Å². The number of rotatable bonds is 0. The number of aliphatic hydroxyl groups is 1. The number of ether oxygens (including phenoxy) is 2. The third-order valence-corrected chi connectivity index (χ3v) is 6.63. The molecule has 2 heterocycles. The fourth-order valence-electron chi connectivity index (χ4n) is 4.39. The molecule has 0 bridgehead atoms. The fraction of sp³-hybridized carbons (Fsp3) is 0.875. The number of nitrogens with zero attached hydrogens (tertiary/aromatic N) is 2. The minimum Gasteiger partial charge on any atom is -0.444 e. The average molecular weight is 453 g/mol. The number of ketones is 1. The van der Waals surface area contributed by atoms with Crippen LogP contribution in [-0.4, -0.2) is 76.4 Å². The van der Waals surface area contributed by atoms with Gasteiger partial charge in [0.05, 0.1) is 6.10 Å². The van der Waals surface area contributed by atoms with Gasteiger partial charge in [-0.1, -0.05) is 0 Å². The van der Waals surface area contributed by atoms with E-state index in [9.17, 15) is 19.5 Å². The Morgan fingerprint density at radius 2 is 1.38 bits per heavy atom. The van der Waals surface area contributed by atoms with Crippen molar-refractivity contribution in [1.29, 1.82) is 0 Å². The van der Waals surface area contributed by atoms with Gasteiger partial charge in [-0.3, -0.25) is 4.79 Å². The van der Waals surface area contributed by atoms with Gasteiger partial charge in [-0.05, 0) is 73.6 Å². The van der Waals surface area contributed by atoms with Gasteiger partial charge in [-0.2, -0.15) is 0 Å². The molecule has 1 N–H and O–H groups in total. The highest BCUT2D eigenvalue weighted by Gasteiger charge is 2.54. The Hall–Kier alpha value is -1.83. The first-order chi connectivity index (χ1) is 14.6. The number of amides is 2. The molecule has 0 radical (unpaired) electrons. The SMILES string of the molecule is CC(C)(C)OC(=O)N1CCC(=O)C2(CC2)C1.CC(C)(C)OC(=O)N1CCC(O)C2(CC2)C1. The number of carbonyl (C=O) groups is 3. The number of aliphatic hydroxyl groups excluding tert-OH is 1. The van der Waals surface area contributed by atoms with E-state index in [0.29, 0.717) is 44.8 Å². The molecule has 8 nitrogen and oxygen atoms in total. The molecule has 4 rings (SSSR count). The maximum Gasteiger partial charge on any atom is 0.410 e. The molecule has 182 valence electrons. The minimum atomic E-state index is -0.463. The Balaban J connectivity index is 0.000000181. The van der Waals surface area contributed by atoms with Crippen molar-refractivity contribution >= 4 is 18.0 Å². The van der Waals surface area contributed by atoms with Crippen molar-refractivity contribution in [2.45, 2.75) is 97.4 Å². The molecule has 2 aliphatic carbocycles. The Labute approximate surface area is 191 Å². The topological polar surface area (TPSA) is 96.4 Å². The van der Waals surface area contributed by atoms with E-state index in [2.05, 4.69) is 0 Å². The first-order valence-corrected chi connectivity index (χ1v) is 11.8. The summed E-state index contributed by atoms with van der Waals surface area (Å²) in [6, 6.07) is 0. The zero-order chi connectivity index (χ0) is 23.9. The summed E-state index contributed by atoms with van der Waals surface area (Å²) >= 11 is 0. The van der Waals surface area contributed by atoms with Crippen molar-refractivity contribution in [3.8, 4) is 0 Å². The minimum absolute atomic E-state index is 0.00481. The van der Waals surface area contributed by atoms with Gasteiger partial charge in [0.1, 0.15) is 17.0 Å². The van der Waals surface area contributed by atoms with Crippen molar-refractivity contribution in [1.82, 2.24) is 9.80 Å². The first-order valence-electron chi connectivity index (χ1n) is 11.8. The maximum absolute atomic E-state index is 11.9. The molecule has 0 aromatic carbocycles. The van der Waals surface area contributed by atoms with Gasteiger partial charge in [0.2, 0.25) is 0 Å². The molecular weight excluding hydrogens is 412 g/mol. The van der Waals surface area contributed by atoms with E-state index in [1.54, 1.807) is 9.80 Å². The summed E-state index contributed by atoms with van der Waals surface area (Å²) in [5.74, 6) is 0.326. The van der Waals surface area contributed by atoms with Gasteiger partial charge in [0.25, 0.3) is 0 Å². The summed E-state index contributed by atoms with van der Waals surface area (Å²) < 4.78 is 10.6. The van der Waals surface area contributed by atoms with E-state index in [4.69, 9.17) is 9.47 Å². The standard InChI is InChI=1S/C12H21NO3.C12H19NO3/c2*1-11(2,3)16-10(15)13-7-4-9(14)12(8-13)5-6-12/h9,14H,4-8H2,1-3H3;4-8H2,1-3H3. The predicted molar refractivity (Wildman–Crippen MR) is 119 cm³/mol. The highest BCUT2D eigenvalue weighted by molar-refractivity contribution is 5.89. The van der Waals surface area contributed by atoms with Crippen LogP contribution < -0.4 is 0 Å². The van der Waals surface area contributed by atoms with E-state index in [1.807, 2.05) is 41.5 Å². The van der Waals surface area contributed by atoms with Crippen molar-refractivity contribution in [3.05, 3.63) is 0 Å². The zero-order valence-electron chi connectivity index (χ0n) is 20.5. The zero-order valence-corrected chi connectivity index (χ0v) is 20.5. The Morgan fingerprint density at radius 1 is 0.875 bits per heavy atom. The van der Waals surface area contributed by atoms with E-state index in [-0.39, 0.29) is 29.1 Å². The van der Waals surface area contributed by atoms with Crippen LogP contribution in [-0.2, 0) is 14.3 Å². The summed E-state index contributed by atoms with van der Waals surface area (Å²) in [5, 5.41) is 9.85. The van der Waals surface area contributed by atoms with Crippen LogP contribution in [0.5, 0.6) is 0 Å². The largest absolute Gasteiger partial charge is 0.444 e. The monoisotopic (exact) mass is 452 g/mol. The normalized spacial score (nSPS) is 25.7. The summed E-state index contributed by atoms with van der Waals surface area (Å²) in [4.78, 5) is 38.8. The van der Waals surface area contributed by atoms with E-state index in [0.717, 1.165) is 25.7 Å². The molecule has 2 saturated heterocycles. The number of hydrogen-bond acceptors (Lipinski definition) is 6. The molecule has 2 spiro atoms. The Kier molecular flexibility index (Phi) is 6.59. The quantitative estimate of drug-likeness (QED) is 0.601. The molecule has 0 aromatic rings. The lowest BCUT2D eigenvalue weighted by Crippen LogP contribution is -2.48. The van der Waals surface area contributed by atoms with Crippen LogP contribution in [0.25, 0.3) is 0 Å². The first kappa shape index (κ1) is 24.8. The molecule has 4 fully saturated rings. The maximum atomic E-state index is 11.9. The van der Waals surface area contributed by atoms with Gasteiger partial charge in [-0.25, -0.2) is 9.59 Å². The second-order valence-corrected chi connectivity index (χ2v) is 11.9. The molecule has 1 atom stereocenters. The van der Waals surface area contributed by atoms with Crippen LogP contribution in [0.3, 0.4) is 0 Å². The van der Waals surface area contributed by atoms with E-state index >= 15 is 0 Å². The van der Waals surface area contributed by atoms with Gasteiger partial charge in [-0.15, -0.1) is 0 Å². The molecular formula is C24H40N2O6.